The number of esters is 1. The largest absolute Gasteiger partial charge is 0.452 e. The number of hydrogen-bond donors (Lipinski definition) is 1. The van der Waals surface area contributed by atoms with E-state index in [1.54, 1.807) is 19.1 Å². The summed E-state index contributed by atoms with van der Waals surface area (Å²) in [4.78, 5) is 27.7. The van der Waals surface area contributed by atoms with Gasteiger partial charge in [-0.05, 0) is 37.8 Å². The van der Waals surface area contributed by atoms with E-state index < -0.39 is 24.0 Å². The van der Waals surface area contributed by atoms with Gasteiger partial charge in [0, 0.05) is 12.2 Å². The number of amides is 1. The van der Waals surface area contributed by atoms with Crippen LogP contribution in [0.3, 0.4) is 0 Å². The molecule has 0 spiro atoms. The van der Waals surface area contributed by atoms with Crippen LogP contribution < -0.4 is 5.32 Å². The summed E-state index contributed by atoms with van der Waals surface area (Å²) in [5, 5.41) is 11.8. The predicted octanol–water partition coefficient (Wildman–Crippen LogP) is 2.19. The monoisotopic (exact) mass is 339 g/mol. The third-order valence-corrected chi connectivity index (χ3v) is 4.04. The number of benzene rings is 1. The molecule has 0 saturated heterocycles. The third-order valence-electron chi connectivity index (χ3n) is 4.04. The Hall–Kier alpha value is -3.14. The van der Waals surface area contributed by atoms with Crippen molar-refractivity contribution in [2.75, 3.05) is 6.61 Å². The first-order chi connectivity index (χ1) is 12.0. The lowest BCUT2D eigenvalue weighted by Crippen LogP contribution is -2.48. The van der Waals surface area contributed by atoms with E-state index in [-0.39, 0.29) is 11.8 Å². The molecule has 0 unspecified atom stereocenters. The molecule has 1 aromatic carbocycles. The maximum Gasteiger partial charge on any atom is 0.331 e. The van der Waals surface area contributed by atoms with Crippen LogP contribution in [0.25, 0.3) is 17.2 Å². The zero-order chi connectivity index (χ0) is 17.9. The molecule has 1 aromatic heterocycles. The van der Waals surface area contributed by atoms with Crippen molar-refractivity contribution in [2.24, 2.45) is 5.92 Å². The Morgan fingerprint density at radius 1 is 1.48 bits per heavy atom. The summed E-state index contributed by atoms with van der Waals surface area (Å²) in [6.45, 7) is 1.23. The lowest BCUT2D eigenvalue weighted by Gasteiger charge is -2.22. The molecule has 3 rings (SSSR count). The van der Waals surface area contributed by atoms with E-state index in [9.17, 15) is 14.9 Å². The first kappa shape index (κ1) is 16.7. The number of carbonyl (C=O) groups excluding carboxylic acids is 2. The van der Waals surface area contributed by atoms with Gasteiger partial charge in [0.15, 0.2) is 12.2 Å². The van der Waals surface area contributed by atoms with Crippen molar-refractivity contribution in [3.63, 3.8) is 0 Å². The number of para-hydroxylation sites is 2. The van der Waals surface area contributed by atoms with Crippen molar-refractivity contribution in [3.05, 3.63) is 36.2 Å². The Kier molecular flexibility index (Phi) is 4.52. The lowest BCUT2D eigenvalue weighted by molar-refractivity contribution is -0.144. The van der Waals surface area contributed by atoms with Gasteiger partial charge in [-0.25, -0.2) is 9.78 Å². The second kappa shape index (κ2) is 6.77. The quantitative estimate of drug-likeness (QED) is 0.639. The molecule has 128 valence electrons. The molecule has 1 aliphatic rings. The predicted molar refractivity (Wildman–Crippen MR) is 88.9 cm³/mol. The molecule has 1 fully saturated rings. The third kappa shape index (κ3) is 4.04. The van der Waals surface area contributed by atoms with E-state index in [4.69, 9.17) is 9.15 Å². The number of rotatable bonds is 6. The van der Waals surface area contributed by atoms with Crippen molar-refractivity contribution < 1.29 is 18.7 Å². The van der Waals surface area contributed by atoms with Crippen LogP contribution in [0.2, 0.25) is 0 Å². The standard InChI is InChI=1S/C18H17N3O4/c1-18(11-19,12-6-7-12)21-15(22)10-24-17(23)9-8-16-20-13-4-2-3-5-14(13)25-16/h2-5,8-9,12H,6-7,10H2,1H3,(H,21,22)/b9-8+/t18-/m0/s1. The molecule has 1 N–H and O–H groups in total. The number of ether oxygens (including phenoxy) is 1. The molecule has 1 heterocycles. The molecule has 2 aromatic rings. The van der Waals surface area contributed by atoms with Gasteiger partial charge in [0.2, 0.25) is 5.89 Å². The van der Waals surface area contributed by atoms with Gasteiger partial charge in [-0.3, -0.25) is 4.79 Å². The van der Waals surface area contributed by atoms with E-state index in [1.807, 2.05) is 12.1 Å². The van der Waals surface area contributed by atoms with Gasteiger partial charge < -0.3 is 14.5 Å². The number of hydrogen-bond acceptors (Lipinski definition) is 6. The average Bonchev–Trinajstić information content (AvgIpc) is 3.38. The van der Waals surface area contributed by atoms with Crippen molar-refractivity contribution in [1.29, 1.82) is 5.26 Å². The highest BCUT2D eigenvalue weighted by Gasteiger charge is 2.43. The van der Waals surface area contributed by atoms with Crippen LogP contribution in [0.1, 0.15) is 25.7 Å². The molecule has 1 aliphatic carbocycles. The molecule has 1 amide bonds. The highest BCUT2D eigenvalue weighted by Crippen LogP contribution is 2.39. The number of carbonyl (C=O) groups is 2. The van der Waals surface area contributed by atoms with E-state index in [1.165, 1.54) is 6.08 Å². The number of fused-ring (bicyclic) bond motifs is 1. The van der Waals surface area contributed by atoms with Gasteiger partial charge in [0.05, 0.1) is 6.07 Å². The van der Waals surface area contributed by atoms with Gasteiger partial charge in [-0.2, -0.15) is 5.26 Å². The minimum atomic E-state index is -0.905. The first-order valence-electron chi connectivity index (χ1n) is 7.93. The van der Waals surface area contributed by atoms with Gasteiger partial charge in [0.25, 0.3) is 5.91 Å². The fraction of sp³-hybridized carbons (Fsp3) is 0.333. The van der Waals surface area contributed by atoms with Crippen LogP contribution in [-0.4, -0.2) is 29.0 Å². The van der Waals surface area contributed by atoms with Crippen LogP contribution in [-0.2, 0) is 14.3 Å². The molecule has 1 saturated carbocycles. The van der Waals surface area contributed by atoms with Gasteiger partial charge in [-0.1, -0.05) is 12.1 Å². The van der Waals surface area contributed by atoms with Crippen molar-refractivity contribution in [1.82, 2.24) is 10.3 Å². The minimum absolute atomic E-state index is 0.163. The van der Waals surface area contributed by atoms with Gasteiger partial charge >= 0.3 is 5.97 Å². The molecule has 0 aliphatic heterocycles. The maximum atomic E-state index is 11.9. The lowest BCUT2D eigenvalue weighted by atomic mass is 9.98. The topological polar surface area (TPSA) is 105 Å². The molecule has 7 nitrogen and oxygen atoms in total. The molecule has 0 bridgehead atoms. The molecule has 7 heteroatoms. The number of oxazole rings is 1. The number of aromatic nitrogens is 1. The summed E-state index contributed by atoms with van der Waals surface area (Å²) in [5.41, 5.74) is 0.397. The van der Waals surface area contributed by atoms with Crippen LogP contribution in [0.4, 0.5) is 0 Å². The highest BCUT2D eigenvalue weighted by atomic mass is 16.5. The van der Waals surface area contributed by atoms with Gasteiger partial charge in [0.1, 0.15) is 11.1 Å². The van der Waals surface area contributed by atoms with Crippen molar-refractivity contribution in [3.8, 4) is 6.07 Å². The van der Waals surface area contributed by atoms with Crippen molar-refractivity contribution in [2.45, 2.75) is 25.3 Å². The molecule has 25 heavy (non-hydrogen) atoms. The Morgan fingerprint density at radius 2 is 2.24 bits per heavy atom. The summed E-state index contributed by atoms with van der Waals surface area (Å²) in [7, 11) is 0. The summed E-state index contributed by atoms with van der Waals surface area (Å²) >= 11 is 0. The number of nitrogens with one attached hydrogen (secondary N) is 1. The molecule has 0 radical (unpaired) electrons. The molecule has 1 atom stereocenters. The summed E-state index contributed by atoms with van der Waals surface area (Å²) in [6.07, 6.45) is 4.35. The summed E-state index contributed by atoms with van der Waals surface area (Å²) in [5.74, 6) is -0.758. The second-order valence-corrected chi connectivity index (χ2v) is 6.10. The zero-order valence-corrected chi connectivity index (χ0v) is 13.7. The minimum Gasteiger partial charge on any atom is -0.452 e. The van der Waals surface area contributed by atoms with E-state index in [0.717, 1.165) is 18.9 Å². The smallest absolute Gasteiger partial charge is 0.331 e. The fourth-order valence-corrected chi connectivity index (χ4v) is 2.49. The zero-order valence-electron chi connectivity index (χ0n) is 13.7. The Bertz CT molecular complexity index is 843. The van der Waals surface area contributed by atoms with Crippen LogP contribution in [0.15, 0.2) is 34.8 Å². The van der Waals surface area contributed by atoms with Crippen molar-refractivity contribution >= 4 is 29.1 Å². The Balaban J connectivity index is 1.50. The summed E-state index contributed by atoms with van der Waals surface area (Å²) < 4.78 is 10.3. The molecular weight excluding hydrogens is 322 g/mol. The van der Waals surface area contributed by atoms with E-state index in [0.29, 0.717) is 11.1 Å². The number of nitriles is 1. The Morgan fingerprint density at radius 3 is 2.92 bits per heavy atom. The van der Waals surface area contributed by atoms with Crippen LogP contribution in [0, 0.1) is 17.2 Å². The average molecular weight is 339 g/mol. The maximum absolute atomic E-state index is 11.9. The van der Waals surface area contributed by atoms with Crippen LogP contribution in [0.5, 0.6) is 0 Å². The highest BCUT2D eigenvalue weighted by molar-refractivity contribution is 5.89. The fourth-order valence-electron chi connectivity index (χ4n) is 2.49. The Labute approximate surface area is 144 Å². The summed E-state index contributed by atoms with van der Waals surface area (Å²) in [6, 6.07) is 9.34. The van der Waals surface area contributed by atoms with Gasteiger partial charge in [-0.15, -0.1) is 0 Å². The molecular formula is C18H17N3O4. The SMILES string of the molecule is C[C@@](C#N)(NC(=O)COC(=O)/C=C/c1nc2ccccc2o1)C1CC1. The normalized spacial score (nSPS) is 16.3. The second-order valence-electron chi connectivity index (χ2n) is 6.10. The van der Waals surface area contributed by atoms with E-state index in [2.05, 4.69) is 16.4 Å². The van der Waals surface area contributed by atoms with E-state index >= 15 is 0 Å². The number of nitrogens with zero attached hydrogens (tertiary/aromatic N) is 2. The van der Waals surface area contributed by atoms with Crippen LogP contribution >= 0.6 is 0 Å². The first-order valence-corrected chi connectivity index (χ1v) is 7.93.